The third kappa shape index (κ3) is 3.87. The van der Waals surface area contributed by atoms with Crippen LogP contribution in [0.15, 0.2) is 39.4 Å². The van der Waals surface area contributed by atoms with Gasteiger partial charge in [-0.05, 0) is 19.4 Å². The first kappa shape index (κ1) is 15.9. The average Bonchev–Trinajstić information content (AvgIpc) is 3.15. The highest BCUT2D eigenvalue weighted by atomic mass is 16.5. The van der Waals surface area contributed by atoms with Gasteiger partial charge >= 0.3 is 0 Å². The summed E-state index contributed by atoms with van der Waals surface area (Å²) in [4.78, 5) is 16.2. The van der Waals surface area contributed by atoms with Gasteiger partial charge in [0.2, 0.25) is 11.8 Å². The van der Waals surface area contributed by atoms with E-state index < -0.39 is 0 Å². The van der Waals surface area contributed by atoms with Gasteiger partial charge in [-0.3, -0.25) is 4.79 Å². The van der Waals surface area contributed by atoms with E-state index in [0.717, 1.165) is 22.6 Å². The summed E-state index contributed by atoms with van der Waals surface area (Å²) in [5, 5.41) is 10.6. The van der Waals surface area contributed by atoms with Gasteiger partial charge in [0.05, 0.1) is 18.5 Å². The zero-order valence-corrected chi connectivity index (χ0v) is 13.6. The predicted octanol–water partition coefficient (Wildman–Crippen LogP) is 2.12. The second kappa shape index (κ2) is 7.08. The number of aryl methyl sites for hydroxylation is 2. The highest BCUT2D eigenvalue weighted by Gasteiger charge is 2.15. The largest absolute Gasteiger partial charge is 0.361 e. The van der Waals surface area contributed by atoms with E-state index in [9.17, 15) is 4.79 Å². The number of hydrogen-bond acceptors (Lipinski definition) is 6. The molecule has 3 aromatic rings. The molecular weight excluding hydrogens is 308 g/mol. The van der Waals surface area contributed by atoms with Gasteiger partial charge in [-0.25, -0.2) is 0 Å². The van der Waals surface area contributed by atoms with Crippen molar-refractivity contribution in [1.29, 1.82) is 0 Å². The molecule has 0 atom stereocenters. The molecule has 7 nitrogen and oxygen atoms in total. The standard InChI is InChI=1S/C17H18N4O3/c1-11-14(12(2)23-20-11)8-17-19-15(21-24-17)9-16(22)18-10-13-6-4-3-5-7-13/h3-7H,8-10H2,1-2H3,(H,18,22). The second-order valence-electron chi connectivity index (χ2n) is 5.52. The zero-order valence-electron chi connectivity index (χ0n) is 13.6. The number of hydrogen-bond donors (Lipinski definition) is 1. The van der Waals surface area contributed by atoms with E-state index in [2.05, 4.69) is 20.6 Å². The molecule has 0 saturated heterocycles. The number of benzene rings is 1. The van der Waals surface area contributed by atoms with Crippen molar-refractivity contribution in [2.45, 2.75) is 33.2 Å². The first-order chi connectivity index (χ1) is 11.6. The molecule has 0 aliphatic heterocycles. The van der Waals surface area contributed by atoms with Crippen molar-refractivity contribution < 1.29 is 13.8 Å². The fourth-order valence-corrected chi connectivity index (χ4v) is 2.34. The zero-order chi connectivity index (χ0) is 16.9. The lowest BCUT2D eigenvalue weighted by Crippen LogP contribution is -2.24. The Hall–Kier alpha value is -2.96. The second-order valence-corrected chi connectivity index (χ2v) is 5.52. The molecule has 24 heavy (non-hydrogen) atoms. The summed E-state index contributed by atoms with van der Waals surface area (Å²) < 4.78 is 10.3. The number of carbonyl (C=O) groups excluding carboxylic acids is 1. The number of rotatable bonds is 6. The Morgan fingerprint density at radius 1 is 1.12 bits per heavy atom. The van der Waals surface area contributed by atoms with Gasteiger partial charge in [-0.1, -0.05) is 40.6 Å². The molecule has 1 amide bonds. The number of nitrogens with one attached hydrogen (secondary N) is 1. The molecule has 0 unspecified atom stereocenters. The molecule has 1 N–H and O–H groups in total. The van der Waals surface area contributed by atoms with Gasteiger partial charge in [0.25, 0.3) is 0 Å². The van der Waals surface area contributed by atoms with Gasteiger partial charge in [0, 0.05) is 12.1 Å². The Bertz CT molecular complexity index is 804. The van der Waals surface area contributed by atoms with E-state index >= 15 is 0 Å². The SMILES string of the molecule is Cc1noc(C)c1Cc1nc(CC(=O)NCc2ccccc2)no1. The van der Waals surface area contributed by atoms with Crippen molar-refractivity contribution in [3.63, 3.8) is 0 Å². The van der Waals surface area contributed by atoms with E-state index in [-0.39, 0.29) is 12.3 Å². The summed E-state index contributed by atoms with van der Waals surface area (Å²) in [6.07, 6.45) is 0.526. The van der Waals surface area contributed by atoms with E-state index in [4.69, 9.17) is 9.05 Å². The lowest BCUT2D eigenvalue weighted by molar-refractivity contribution is -0.120. The topological polar surface area (TPSA) is 94.0 Å². The number of aromatic nitrogens is 3. The van der Waals surface area contributed by atoms with Crippen LogP contribution in [0.5, 0.6) is 0 Å². The van der Waals surface area contributed by atoms with Crippen LogP contribution >= 0.6 is 0 Å². The maximum Gasteiger partial charge on any atom is 0.231 e. The first-order valence-corrected chi connectivity index (χ1v) is 7.65. The van der Waals surface area contributed by atoms with E-state index in [1.165, 1.54) is 0 Å². The molecular formula is C17H18N4O3. The summed E-state index contributed by atoms with van der Waals surface area (Å²) in [6, 6.07) is 9.71. The van der Waals surface area contributed by atoms with Crippen LogP contribution in [0.4, 0.5) is 0 Å². The number of amides is 1. The lowest BCUT2D eigenvalue weighted by Gasteiger charge is -2.03. The molecule has 0 aliphatic carbocycles. The molecule has 0 fully saturated rings. The monoisotopic (exact) mass is 326 g/mol. The quantitative estimate of drug-likeness (QED) is 0.745. The van der Waals surface area contributed by atoms with Crippen LogP contribution in [0.1, 0.15) is 34.3 Å². The summed E-state index contributed by atoms with van der Waals surface area (Å²) in [5.74, 6) is 1.38. The summed E-state index contributed by atoms with van der Waals surface area (Å²) in [6.45, 7) is 4.17. The molecule has 0 aliphatic rings. The lowest BCUT2D eigenvalue weighted by atomic mass is 10.1. The van der Waals surface area contributed by atoms with E-state index in [1.807, 2.05) is 44.2 Å². The van der Waals surface area contributed by atoms with Crippen LogP contribution in [-0.4, -0.2) is 21.2 Å². The molecule has 2 heterocycles. The molecule has 124 valence electrons. The van der Waals surface area contributed by atoms with Crippen LogP contribution in [-0.2, 0) is 24.2 Å². The van der Waals surface area contributed by atoms with Crippen molar-refractivity contribution >= 4 is 5.91 Å². The maximum atomic E-state index is 12.0. The van der Waals surface area contributed by atoms with Crippen LogP contribution in [0, 0.1) is 13.8 Å². The molecule has 0 spiro atoms. The molecule has 3 rings (SSSR count). The van der Waals surface area contributed by atoms with Crippen LogP contribution in [0.3, 0.4) is 0 Å². The maximum absolute atomic E-state index is 12.0. The Labute approximate surface area is 139 Å². The fourth-order valence-electron chi connectivity index (χ4n) is 2.34. The van der Waals surface area contributed by atoms with Crippen molar-refractivity contribution in [2.75, 3.05) is 0 Å². The number of carbonyl (C=O) groups is 1. The molecule has 0 radical (unpaired) electrons. The Kier molecular flexibility index (Phi) is 4.69. The average molecular weight is 326 g/mol. The summed E-state index contributed by atoms with van der Waals surface area (Å²) in [7, 11) is 0. The van der Waals surface area contributed by atoms with Crippen LogP contribution in [0.2, 0.25) is 0 Å². The molecule has 2 aromatic heterocycles. The van der Waals surface area contributed by atoms with Gasteiger partial charge in [0.15, 0.2) is 5.82 Å². The van der Waals surface area contributed by atoms with E-state index in [1.54, 1.807) is 0 Å². The highest BCUT2D eigenvalue weighted by Crippen LogP contribution is 2.16. The minimum absolute atomic E-state index is 0.0813. The van der Waals surface area contributed by atoms with Crippen LogP contribution < -0.4 is 5.32 Å². The van der Waals surface area contributed by atoms with Gasteiger partial charge in [-0.2, -0.15) is 4.98 Å². The number of nitrogens with zero attached hydrogens (tertiary/aromatic N) is 3. The smallest absolute Gasteiger partial charge is 0.231 e. The molecule has 7 heteroatoms. The van der Waals surface area contributed by atoms with Crippen molar-refractivity contribution in [3.05, 3.63) is 64.6 Å². The third-order valence-corrected chi connectivity index (χ3v) is 3.67. The van der Waals surface area contributed by atoms with E-state index in [0.29, 0.717) is 24.7 Å². The molecule has 0 saturated carbocycles. The molecule has 1 aromatic carbocycles. The Balaban J connectivity index is 1.55. The normalized spacial score (nSPS) is 10.8. The van der Waals surface area contributed by atoms with Gasteiger partial charge < -0.3 is 14.4 Å². The minimum Gasteiger partial charge on any atom is -0.361 e. The minimum atomic E-state index is -0.149. The van der Waals surface area contributed by atoms with Crippen molar-refractivity contribution in [1.82, 2.24) is 20.6 Å². The molecule has 0 bridgehead atoms. The third-order valence-electron chi connectivity index (χ3n) is 3.67. The van der Waals surface area contributed by atoms with Gasteiger partial charge in [-0.15, -0.1) is 0 Å². The van der Waals surface area contributed by atoms with Gasteiger partial charge in [0.1, 0.15) is 5.76 Å². The summed E-state index contributed by atoms with van der Waals surface area (Å²) in [5.41, 5.74) is 2.77. The fraction of sp³-hybridized carbons (Fsp3) is 0.294. The Morgan fingerprint density at radius 3 is 2.62 bits per heavy atom. The van der Waals surface area contributed by atoms with Crippen molar-refractivity contribution in [3.8, 4) is 0 Å². The first-order valence-electron chi connectivity index (χ1n) is 7.65. The predicted molar refractivity (Wildman–Crippen MR) is 85.1 cm³/mol. The van der Waals surface area contributed by atoms with Crippen LogP contribution in [0.25, 0.3) is 0 Å². The Morgan fingerprint density at radius 2 is 1.92 bits per heavy atom. The summed E-state index contributed by atoms with van der Waals surface area (Å²) >= 11 is 0. The van der Waals surface area contributed by atoms with Crippen molar-refractivity contribution in [2.24, 2.45) is 0 Å². The highest BCUT2D eigenvalue weighted by molar-refractivity contribution is 5.77.